The van der Waals surface area contributed by atoms with E-state index < -0.39 is 28.7 Å². The largest absolute Gasteiger partial charge is 0.465 e. The molecule has 0 amide bonds. The highest BCUT2D eigenvalue weighted by Crippen LogP contribution is 2.32. The number of rotatable bonds is 6. The van der Waals surface area contributed by atoms with E-state index in [0.29, 0.717) is 6.42 Å². The number of hydrogen-bond acceptors (Lipinski definition) is 6. The quantitative estimate of drug-likeness (QED) is 0.315. The van der Waals surface area contributed by atoms with Gasteiger partial charge in [0.15, 0.2) is 0 Å². The van der Waals surface area contributed by atoms with Crippen molar-refractivity contribution in [3.8, 4) is 0 Å². The van der Waals surface area contributed by atoms with Crippen LogP contribution in [0.2, 0.25) is 0 Å². The van der Waals surface area contributed by atoms with Gasteiger partial charge in [-0.15, -0.1) is 0 Å². The molecule has 6 nitrogen and oxygen atoms in total. The summed E-state index contributed by atoms with van der Waals surface area (Å²) in [4.78, 5) is 33.2. The first-order valence-electron chi connectivity index (χ1n) is 6.15. The third-order valence-corrected chi connectivity index (χ3v) is 3.23. The first kappa shape index (κ1) is 15.8. The second-order valence-corrected chi connectivity index (χ2v) is 4.74. The van der Waals surface area contributed by atoms with Crippen LogP contribution < -0.4 is 0 Å². The van der Waals surface area contributed by atoms with Crippen molar-refractivity contribution >= 4 is 29.5 Å². The Morgan fingerprint density at radius 1 is 1.32 bits per heavy atom. The minimum atomic E-state index is -1.99. The zero-order valence-corrected chi connectivity index (χ0v) is 11.7. The fourth-order valence-corrected chi connectivity index (χ4v) is 2.10. The number of carbonyl (C=O) groups excluding carboxylic acids is 3. The number of hydrogen-bond donors (Lipinski definition) is 0. The average molecular weight is 293 g/mol. The van der Waals surface area contributed by atoms with Gasteiger partial charge in [0.25, 0.3) is 0 Å². The predicted octanol–water partition coefficient (Wildman–Crippen LogP) is 1.04. The van der Waals surface area contributed by atoms with Gasteiger partial charge in [-0.2, -0.15) is 0 Å². The summed E-state index contributed by atoms with van der Waals surface area (Å²) in [5, 5.41) is 0. The molecule has 1 rings (SSSR count). The van der Waals surface area contributed by atoms with E-state index in [0.717, 1.165) is 0 Å². The summed E-state index contributed by atoms with van der Waals surface area (Å²) in [7, 11) is 0. The monoisotopic (exact) mass is 292 g/mol. The molecular weight excluding hydrogens is 276 g/mol. The second kappa shape index (κ2) is 6.75. The van der Waals surface area contributed by atoms with E-state index in [9.17, 15) is 14.4 Å². The third kappa shape index (κ3) is 3.59. The van der Waals surface area contributed by atoms with E-state index in [1.54, 1.807) is 13.8 Å². The zero-order chi connectivity index (χ0) is 14.5. The maximum absolute atomic E-state index is 11.9. The summed E-state index contributed by atoms with van der Waals surface area (Å²) >= 11 is 6.09. The lowest BCUT2D eigenvalue weighted by molar-refractivity contribution is -0.160. The van der Waals surface area contributed by atoms with Crippen LogP contribution in [0.4, 0.5) is 0 Å². The summed E-state index contributed by atoms with van der Waals surface area (Å²) in [5.41, 5.74) is 0. The van der Waals surface area contributed by atoms with E-state index in [4.69, 9.17) is 25.8 Å². The highest BCUT2D eigenvalue weighted by atomic mass is 35.5. The van der Waals surface area contributed by atoms with Gasteiger partial charge in [-0.3, -0.25) is 4.79 Å². The number of alkyl halides is 1. The van der Waals surface area contributed by atoms with Gasteiger partial charge >= 0.3 is 17.9 Å². The molecule has 0 aliphatic carbocycles. The van der Waals surface area contributed by atoms with Crippen LogP contribution in [0.1, 0.15) is 26.7 Å². The number of esters is 3. The standard InChI is InChI=1S/C12H17ClO6/c1-3-17-10(15)12(13,11(16)18-4-2)7-8-5-6-19-9(8)14/h8H,3-7H2,1-2H3. The molecule has 0 N–H and O–H groups in total. The van der Waals surface area contributed by atoms with Crippen LogP contribution in [-0.2, 0) is 28.6 Å². The van der Waals surface area contributed by atoms with Crippen LogP contribution in [0.3, 0.4) is 0 Å². The van der Waals surface area contributed by atoms with Crippen LogP contribution in [0.25, 0.3) is 0 Å². The smallest absolute Gasteiger partial charge is 0.338 e. The molecular formula is C12H17ClO6. The number of ether oxygens (including phenoxy) is 3. The SMILES string of the molecule is CCOC(=O)C(Cl)(CC1CCOC1=O)C(=O)OCC. The molecule has 1 fully saturated rings. The Balaban J connectivity index is 2.87. The predicted molar refractivity (Wildman–Crippen MR) is 65.5 cm³/mol. The Labute approximate surface area is 116 Å². The Hall–Kier alpha value is -1.30. The fraction of sp³-hybridized carbons (Fsp3) is 0.750. The fourth-order valence-electron chi connectivity index (χ4n) is 1.80. The van der Waals surface area contributed by atoms with E-state index in [-0.39, 0.29) is 26.2 Å². The van der Waals surface area contributed by atoms with Crippen molar-refractivity contribution in [2.45, 2.75) is 31.6 Å². The van der Waals surface area contributed by atoms with Crippen LogP contribution in [0, 0.1) is 5.92 Å². The van der Waals surface area contributed by atoms with Crippen LogP contribution in [0.15, 0.2) is 0 Å². The zero-order valence-electron chi connectivity index (χ0n) is 10.9. The van der Waals surface area contributed by atoms with E-state index in [2.05, 4.69) is 0 Å². The first-order valence-corrected chi connectivity index (χ1v) is 6.53. The van der Waals surface area contributed by atoms with Gasteiger partial charge in [0.05, 0.1) is 25.7 Å². The van der Waals surface area contributed by atoms with Gasteiger partial charge in [-0.25, -0.2) is 9.59 Å². The lowest BCUT2D eigenvalue weighted by Crippen LogP contribution is -2.46. The summed E-state index contributed by atoms with van der Waals surface area (Å²) in [6.45, 7) is 3.64. The van der Waals surface area contributed by atoms with Gasteiger partial charge < -0.3 is 14.2 Å². The summed E-state index contributed by atoms with van der Waals surface area (Å²) in [6.07, 6.45) is 0.247. The van der Waals surface area contributed by atoms with Crippen LogP contribution in [-0.4, -0.2) is 42.6 Å². The van der Waals surface area contributed by atoms with E-state index in [1.807, 2.05) is 0 Å². The number of halogens is 1. The molecule has 108 valence electrons. The van der Waals surface area contributed by atoms with Crippen molar-refractivity contribution in [2.24, 2.45) is 5.92 Å². The molecule has 0 aromatic rings. The molecule has 19 heavy (non-hydrogen) atoms. The molecule has 0 radical (unpaired) electrons. The maximum atomic E-state index is 11.9. The van der Waals surface area contributed by atoms with Gasteiger partial charge in [0.1, 0.15) is 0 Å². The minimum Gasteiger partial charge on any atom is -0.465 e. The molecule has 1 atom stereocenters. The Bertz CT molecular complexity index is 349. The van der Waals surface area contributed by atoms with Crippen LogP contribution >= 0.6 is 11.6 Å². The highest BCUT2D eigenvalue weighted by molar-refractivity contribution is 6.44. The van der Waals surface area contributed by atoms with Crippen LogP contribution in [0.5, 0.6) is 0 Å². The number of carbonyl (C=O) groups is 3. The van der Waals surface area contributed by atoms with E-state index >= 15 is 0 Å². The first-order chi connectivity index (χ1) is 8.95. The minimum absolute atomic E-state index is 0.0851. The van der Waals surface area contributed by atoms with Crippen molar-refractivity contribution in [1.82, 2.24) is 0 Å². The summed E-state index contributed by atoms with van der Waals surface area (Å²) < 4.78 is 14.4. The number of cyclic esters (lactones) is 1. The molecule has 0 bridgehead atoms. The molecule has 0 aromatic carbocycles. The molecule has 1 saturated heterocycles. The average Bonchev–Trinajstić information content (AvgIpc) is 2.75. The lowest BCUT2D eigenvalue weighted by Gasteiger charge is -2.24. The normalized spacial score (nSPS) is 18.9. The van der Waals surface area contributed by atoms with Gasteiger partial charge in [0, 0.05) is 6.42 Å². The molecule has 1 aliphatic heterocycles. The topological polar surface area (TPSA) is 78.9 Å². The molecule has 0 aromatic heterocycles. The molecule has 7 heteroatoms. The van der Waals surface area contributed by atoms with Crippen molar-refractivity contribution in [1.29, 1.82) is 0 Å². The van der Waals surface area contributed by atoms with Gasteiger partial charge in [-0.1, -0.05) is 11.6 Å². The van der Waals surface area contributed by atoms with Gasteiger partial charge in [0.2, 0.25) is 4.87 Å². The Morgan fingerprint density at radius 3 is 2.21 bits per heavy atom. The van der Waals surface area contributed by atoms with Gasteiger partial charge in [-0.05, 0) is 20.3 Å². The molecule has 0 spiro atoms. The van der Waals surface area contributed by atoms with Crippen molar-refractivity contribution < 1.29 is 28.6 Å². The lowest BCUT2D eigenvalue weighted by atomic mass is 9.92. The maximum Gasteiger partial charge on any atom is 0.338 e. The molecule has 1 aliphatic rings. The highest BCUT2D eigenvalue weighted by Gasteiger charge is 2.51. The Morgan fingerprint density at radius 2 is 1.84 bits per heavy atom. The van der Waals surface area contributed by atoms with Crippen molar-refractivity contribution in [3.63, 3.8) is 0 Å². The summed E-state index contributed by atoms with van der Waals surface area (Å²) in [5.74, 6) is -2.84. The van der Waals surface area contributed by atoms with E-state index in [1.165, 1.54) is 0 Å². The summed E-state index contributed by atoms with van der Waals surface area (Å²) in [6, 6.07) is 0. The molecule has 1 unspecified atom stereocenters. The van der Waals surface area contributed by atoms with Crippen molar-refractivity contribution in [3.05, 3.63) is 0 Å². The second-order valence-electron chi connectivity index (χ2n) is 4.10. The third-order valence-electron chi connectivity index (χ3n) is 2.77. The van der Waals surface area contributed by atoms with Crippen molar-refractivity contribution in [2.75, 3.05) is 19.8 Å². The Kier molecular flexibility index (Phi) is 5.60. The molecule has 1 heterocycles. The molecule has 0 saturated carbocycles.